The second-order valence-corrected chi connectivity index (χ2v) is 8.23. The number of primary amides is 1. The highest BCUT2D eigenvalue weighted by Gasteiger charge is 2.24. The molecule has 2 N–H and O–H groups in total. The number of aryl methyl sites for hydroxylation is 1. The molecular weight excluding hydrogens is 386 g/mol. The Morgan fingerprint density at radius 3 is 2.79 bits per heavy atom. The van der Waals surface area contributed by atoms with E-state index in [1.54, 1.807) is 30.7 Å². The number of pyridine rings is 1. The minimum absolute atomic E-state index is 0.435. The van der Waals surface area contributed by atoms with Crippen molar-refractivity contribution < 1.29 is 14.3 Å². The minimum Gasteiger partial charge on any atom is -0.494 e. The van der Waals surface area contributed by atoms with Crippen LogP contribution in [-0.4, -0.2) is 36.2 Å². The summed E-state index contributed by atoms with van der Waals surface area (Å²) >= 11 is 1.59. The van der Waals surface area contributed by atoms with Gasteiger partial charge in [-0.05, 0) is 42.9 Å². The maximum atomic E-state index is 12.1. The Bertz CT molecular complexity index is 1040. The number of methoxy groups -OCH3 is 1. The van der Waals surface area contributed by atoms with Crippen molar-refractivity contribution in [3.63, 3.8) is 0 Å². The number of hydrogen-bond acceptors (Lipinski definition) is 6. The normalized spacial score (nSPS) is 15.0. The molecule has 7 heteroatoms. The van der Waals surface area contributed by atoms with Crippen LogP contribution in [0.3, 0.4) is 0 Å². The number of rotatable bonds is 6. The molecule has 0 radical (unpaired) electrons. The first kappa shape index (κ1) is 19.8. The van der Waals surface area contributed by atoms with Crippen LogP contribution in [0.2, 0.25) is 0 Å². The molecule has 2 aromatic heterocycles. The summed E-state index contributed by atoms with van der Waals surface area (Å²) in [7, 11) is 1.66. The van der Waals surface area contributed by atoms with E-state index in [0.29, 0.717) is 11.5 Å². The quantitative estimate of drug-likeness (QED) is 0.653. The fourth-order valence-corrected chi connectivity index (χ4v) is 5.24. The topological polar surface area (TPSA) is 87.3 Å². The second-order valence-electron chi connectivity index (χ2n) is 7.23. The molecule has 0 bridgehead atoms. The molecule has 6 nitrogen and oxygen atoms in total. The number of carbonyl (C=O) groups excluding carboxylic acids is 1. The highest BCUT2D eigenvalue weighted by Crippen LogP contribution is 2.42. The van der Waals surface area contributed by atoms with Crippen molar-refractivity contribution in [2.24, 2.45) is 5.73 Å². The Kier molecular flexibility index (Phi) is 5.78. The van der Waals surface area contributed by atoms with E-state index in [1.807, 2.05) is 6.07 Å². The van der Waals surface area contributed by atoms with Gasteiger partial charge in [0.2, 0.25) is 5.91 Å². The lowest BCUT2D eigenvalue weighted by molar-refractivity contribution is 0.0856. The number of nitrogens with zero attached hydrogens (tertiary/aromatic N) is 2. The molecule has 1 aliphatic heterocycles. The lowest BCUT2D eigenvalue weighted by atomic mass is 9.91. The molecule has 0 unspecified atom stereocenters. The summed E-state index contributed by atoms with van der Waals surface area (Å²) in [5.74, 6) is 0.709. The number of hydrogen-bond donors (Lipinski definition) is 1. The Morgan fingerprint density at radius 2 is 2.10 bits per heavy atom. The summed E-state index contributed by atoms with van der Waals surface area (Å²) in [6.45, 7) is 3.64. The Labute approximate surface area is 174 Å². The number of amides is 1. The highest BCUT2D eigenvalue weighted by atomic mass is 32.1. The number of fused-ring (bicyclic) bond motifs is 1. The summed E-state index contributed by atoms with van der Waals surface area (Å²) in [5.41, 5.74) is 9.87. The molecule has 4 rings (SSSR count). The monoisotopic (exact) mass is 411 g/mol. The molecule has 0 spiro atoms. The second kappa shape index (κ2) is 8.47. The zero-order chi connectivity index (χ0) is 20.4. The lowest BCUT2D eigenvalue weighted by Gasteiger charge is -2.23. The highest BCUT2D eigenvalue weighted by molar-refractivity contribution is 7.22. The van der Waals surface area contributed by atoms with Crippen LogP contribution in [0.5, 0.6) is 5.75 Å². The molecular formula is C22H25N3O3S. The van der Waals surface area contributed by atoms with Gasteiger partial charge in [0.05, 0.1) is 23.1 Å². The van der Waals surface area contributed by atoms with Gasteiger partial charge in [-0.3, -0.25) is 9.78 Å². The van der Waals surface area contributed by atoms with Crippen LogP contribution < -0.4 is 10.5 Å². The van der Waals surface area contributed by atoms with Gasteiger partial charge in [0.15, 0.2) is 0 Å². The molecule has 1 saturated heterocycles. The number of nitrogens with two attached hydrogens (primary N) is 1. The van der Waals surface area contributed by atoms with Gasteiger partial charge in [0.25, 0.3) is 0 Å². The zero-order valence-corrected chi connectivity index (χ0v) is 17.6. The van der Waals surface area contributed by atoms with Crippen molar-refractivity contribution in [1.29, 1.82) is 0 Å². The van der Waals surface area contributed by atoms with Gasteiger partial charge in [0.1, 0.15) is 16.3 Å². The van der Waals surface area contributed by atoms with Crippen molar-refractivity contribution in [2.75, 3.05) is 20.3 Å². The van der Waals surface area contributed by atoms with E-state index in [4.69, 9.17) is 20.2 Å². The number of benzene rings is 1. The third-order valence-electron chi connectivity index (χ3n) is 5.41. The summed E-state index contributed by atoms with van der Waals surface area (Å²) < 4.78 is 12.2. The average Bonchev–Trinajstić information content (AvgIpc) is 3.18. The fraction of sp³-hybridized carbons (Fsp3) is 0.409. The van der Waals surface area contributed by atoms with Crippen molar-refractivity contribution in [3.8, 4) is 16.3 Å². The fourth-order valence-electron chi connectivity index (χ4n) is 3.98. The van der Waals surface area contributed by atoms with Crippen LogP contribution in [-0.2, 0) is 11.2 Å². The van der Waals surface area contributed by atoms with E-state index in [0.717, 1.165) is 71.1 Å². The van der Waals surface area contributed by atoms with E-state index in [-0.39, 0.29) is 0 Å². The predicted octanol–water partition coefficient (Wildman–Crippen LogP) is 4.31. The maximum absolute atomic E-state index is 12.1. The van der Waals surface area contributed by atoms with E-state index in [1.165, 1.54) is 5.56 Å². The SMILES string of the molecule is CCCc1nccc(C(N)=O)c1-c1nc2c(OC)ccc(C3CCOCC3)c2s1. The van der Waals surface area contributed by atoms with Gasteiger partial charge in [-0.15, -0.1) is 11.3 Å². The van der Waals surface area contributed by atoms with Crippen LogP contribution in [0.4, 0.5) is 0 Å². The van der Waals surface area contributed by atoms with Crippen molar-refractivity contribution >= 4 is 27.5 Å². The largest absolute Gasteiger partial charge is 0.494 e. The first-order chi connectivity index (χ1) is 14.1. The van der Waals surface area contributed by atoms with E-state index >= 15 is 0 Å². The minimum atomic E-state index is -0.462. The third-order valence-corrected chi connectivity index (χ3v) is 6.54. The summed E-state index contributed by atoms with van der Waals surface area (Å²) in [5, 5.41) is 0.767. The third kappa shape index (κ3) is 3.72. The standard InChI is InChI=1S/C22H25N3O3S/c1-3-4-16-18(15(21(23)26)7-10-24-16)22-25-19-17(27-2)6-5-14(20(19)29-22)13-8-11-28-12-9-13/h5-7,10,13H,3-4,8-9,11-12H2,1-2H3,(H2,23,26). The van der Waals surface area contributed by atoms with Crippen LogP contribution >= 0.6 is 11.3 Å². The molecule has 1 amide bonds. The molecule has 0 saturated carbocycles. The Hall–Kier alpha value is -2.51. The molecule has 152 valence electrons. The molecule has 1 aromatic carbocycles. The predicted molar refractivity (Wildman–Crippen MR) is 115 cm³/mol. The summed E-state index contributed by atoms with van der Waals surface area (Å²) in [4.78, 5) is 21.6. The number of ether oxygens (including phenoxy) is 2. The molecule has 29 heavy (non-hydrogen) atoms. The number of aromatic nitrogens is 2. The zero-order valence-electron chi connectivity index (χ0n) is 16.7. The van der Waals surface area contributed by atoms with Gasteiger partial charge in [-0.25, -0.2) is 4.98 Å². The molecule has 1 aliphatic rings. The van der Waals surface area contributed by atoms with Gasteiger partial charge >= 0.3 is 0 Å². The molecule has 0 atom stereocenters. The van der Waals surface area contributed by atoms with Crippen LogP contribution in [0.1, 0.15) is 53.7 Å². The average molecular weight is 412 g/mol. The lowest BCUT2D eigenvalue weighted by Crippen LogP contribution is -2.14. The van der Waals surface area contributed by atoms with Crippen molar-refractivity contribution in [2.45, 2.75) is 38.5 Å². The van der Waals surface area contributed by atoms with Gasteiger partial charge < -0.3 is 15.2 Å². The van der Waals surface area contributed by atoms with Crippen LogP contribution in [0.25, 0.3) is 20.8 Å². The van der Waals surface area contributed by atoms with Crippen molar-refractivity contribution in [1.82, 2.24) is 9.97 Å². The van der Waals surface area contributed by atoms with Crippen LogP contribution in [0.15, 0.2) is 24.4 Å². The maximum Gasteiger partial charge on any atom is 0.249 e. The van der Waals surface area contributed by atoms with Crippen LogP contribution in [0, 0.1) is 0 Å². The van der Waals surface area contributed by atoms with Gasteiger partial charge in [0, 0.05) is 25.0 Å². The molecule has 0 aliphatic carbocycles. The summed E-state index contributed by atoms with van der Waals surface area (Å²) in [6.07, 6.45) is 5.32. The van der Waals surface area contributed by atoms with Crippen molar-refractivity contribution in [3.05, 3.63) is 41.2 Å². The van der Waals surface area contributed by atoms with Gasteiger partial charge in [-0.1, -0.05) is 19.4 Å². The number of carbonyl (C=O) groups is 1. The molecule has 3 aromatic rings. The Balaban J connectivity index is 1.93. The number of thiazole rings is 1. The molecule has 1 fully saturated rings. The first-order valence-corrected chi connectivity index (χ1v) is 10.8. The summed E-state index contributed by atoms with van der Waals surface area (Å²) in [6, 6.07) is 5.81. The van der Waals surface area contributed by atoms with Gasteiger partial charge in [-0.2, -0.15) is 0 Å². The van der Waals surface area contributed by atoms with E-state index in [2.05, 4.69) is 18.0 Å². The van der Waals surface area contributed by atoms with E-state index in [9.17, 15) is 4.79 Å². The van der Waals surface area contributed by atoms with E-state index < -0.39 is 5.91 Å². The Morgan fingerprint density at radius 1 is 1.31 bits per heavy atom. The first-order valence-electron chi connectivity index (χ1n) is 9.97. The smallest absolute Gasteiger partial charge is 0.249 e. The molecule has 3 heterocycles.